The van der Waals surface area contributed by atoms with E-state index >= 15 is 0 Å². The van der Waals surface area contributed by atoms with Gasteiger partial charge >= 0.3 is 0 Å². The summed E-state index contributed by atoms with van der Waals surface area (Å²) in [5.74, 6) is 0.132. The van der Waals surface area contributed by atoms with Crippen molar-refractivity contribution in [2.24, 2.45) is 0 Å². The Bertz CT molecular complexity index is 276. The molecule has 0 unspecified atom stereocenters. The van der Waals surface area contributed by atoms with Gasteiger partial charge in [-0.3, -0.25) is 4.79 Å². The maximum atomic E-state index is 11.8. The normalized spacial score (nSPS) is 29.7. The average molecular weight is 210 g/mol. The van der Waals surface area contributed by atoms with E-state index in [2.05, 4.69) is 0 Å². The Morgan fingerprint density at radius 3 is 2.93 bits per heavy atom. The number of carbonyl (C=O) groups excluding carboxylic acids is 1. The number of hydrogen-bond acceptors (Lipinski definition) is 3. The van der Waals surface area contributed by atoms with E-state index in [0.29, 0.717) is 12.1 Å². The highest BCUT2D eigenvalue weighted by atomic mass is 16.5. The van der Waals surface area contributed by atoms with Crippen molar-refractivity contribution in [1.82, 2.24) is 9.80 Å². The number of morpholine rings is 1. The number of hydrogen-bond donors (Lipinski definition) is 0. The van der Waals surface area contributed by atoms with Gasteiger partial charge in [-0.15, -0.1) is 0 Å². The number of fused-ring (bicyclic) bond motifs is 2. The van der Waals surface area contributed by atoms with Gasteiger partial charge in [-0.05, 0) is 20.5 Å². The molecule has 84 valence electrons. The van der Waals surface area contributed by atoms with Crippen LogP contribution in [0.15, 0.2) is 12.2 Å². The van der Waals surface area contributed by atoms with Crippen molar-refractivity contribution in [3.8, 4) is 0 Å². The molecular weight excluding hydrogens is 192 g/mol. The van der Waals surface area contributed by atoms with Gasteiger partial charge in [0.1, 0.15) is 0 Å². The Morgan fingerprint density at radius 2 is 2.40 bits per heavy atom. The van der Waals surface area contributed by atoms with E-state index in [0.717, 1.165) is 26.1 Å². The molecule has 0 N–H and O–H groups in total. The third kappa shape index (κ3) is 2.38. The lowest BCUT2D eigenvalue weighted by atomic mass is 10.2. The molecule has 0 aliphatic carbocycles. The first-order valence-electron chi connectivity index (χ1n) is 5.40. The van der Waals surface area contributed by atoms with E-state index in [1.165, 1.54) is 0 Å². The van der Waals surface area contributed by atoms with Crippen LogP contribution in [0.4, 0.5) is 0 Å². The van der Waals surface area contributed by atoms with E-state index in [1.807, 2.05) is 30.0 Å². The van der Waals surface area contributed by atoms with Crippen molar-refractivity contribution in [1.29, 1.82) is 0 Å². The van der Waals surface area contributed by atoms with Gasteiger partial charge in [0.25, 0.3) is 0 Å². The maximum absolute atomic E-state index is 11.8. The summed E-state index contributed by atoms with van der Waals surface area (Å²) in [4.78, 5) is 15.7. The smallest absolute Gasteiger partial charge is 0.246 e. The van der Waals surface area contributed by atoms with Crippen LogP contribution >= 0.6 is 0 Å². The zero-order chi connectivity index (χ0) is 10.8. The fourth-order valence-corrected chi connectivity index (χ4v) is 2.13. The van der Waals surface area contributed by atoms with E-state index < -0.39 is 0 Å². The minimum atomic E-state index is 0.132. The second kappa shape index (κ2) is 4.33. The standard InChI is InChI=1S/C11H18N2O2/c1-12(2)5-3-4-11(14)13-7-10-6-9(13)8-15-10/h3-4,9-10H,5-8H2,1-2H3/b4-3+/t9-,10-/m0/s1. The molecule has 1 amide bonds. The first-order valence-corrected chi connectivity index (χ1v) is 5.40. The summed E-state index contributed by atoms with van der Waals surface area (Å²) in [6.07, 6.45) is 4.91. The molecule has 0 saturated carbocycles. The third-order valence-electron chi connectivity index (χ3n) is 2.91. The molecule has 4 heteroatoms. The Balaban J connectivity index is 1.84. The van der Waals surface area contributed by atoms with Gasteiger partial charge in [0.05, 0.1) is 18.8 Å². The summed E-state index contributed by atoms with van der Waals surface area (Å²) in [5.41, 5.74) is 0. The summed E-state index contributed by atoms with van der Waals surface area (Å²) in [5, 5.41) is 0. The van der Waals surface area contributed by atoms with Crippen LogP contribution in [0.3, 0.4) is 0 Å². The molecule has 0 aromatic rings. The van der Waals surface area contributed by atoms with Crippen molar-refractivity contribution in [3.05, 3.63) is 12.2 Å². The van der Waals surface area contributed by atoms with E-state index in [9.17, 15) is 4.79 Å². The highest BCUT2D eigenvalue weighted by Gasteiger charge is 2.40. The van der Waals surface area contributed by atoms with Gasteiger partial charge in [0.15, 0.2) is 0 Å². The predicted octanol–water partition coefficient (Wildman–Crippen LogP) is 0.104. The largest absolute Gasteiger partial charge is 0.374 e. The second-order valence-electron chi connectivity index (χ2n) is 4.50. The van der Waals surface area contributed by atoms with Gasteiger partial charge in [-0.1, -0.05) is 6.08 Å². The Kier molecular flexibility index (Phi) is 3.07. The van der Waals surface area contributed by atoms with Crippen LogP contribution in [0.25, 0.3) is 0 Å². The molecule has 0 spiro atoms. The first kappa shape index (κ1) is 10.6. The molecule has 0 radical (unpaired) electrons. The van der Waals surface area contributed by atoms with E-state index in [1.54, 1.807) is 6.08 Å². The van der Waals surface area contributed by atoms with Crippen molar-refractivity contribution in [3.63, 3.8) is 0 Å². The molecule has 2 bridgehead atoms. The highest BCUT2D eigenvalue weighted by molar-refractivity contribution is 5.88. The van der Waals surface area contributed by atoms with Gasteiger partial charge in [-0.2, -0.15) is 0 Å². The maximum Gasteiger partial charge on any atom is 0.246 e. The average Bonchev–Trinajstić information content (AvgIpc) is 2.77. The Labute approximate surface area is 90.5 Å². The van der Waals surface area contributed by atoms with Gasteiger partial charge in [0, 0.05) is 19.2 Å². The van der Waals surface area contributed by atoms with Crippen LogP contribution in [0.1, 0.15) is 6.42 Å². The minimum Gasteiger partial charge on any atom is -0.374 e. The topological polar surface area (TPSA) is 32.8 Å². The number of likely N-dealkylation sites (tertiary alicyclic amines) is 1. The molecule has 2 aliphatic rings. The van der Waals surface area contributed by atoms with Crippen LogP contribution in [-0.2, 0) is 9.53 Å². The molecular formula is C11H18N2O2. The molecule has 0 aromatic carbocycles. The lowest BCUT2D eigenvalue weighted by Gasteiger charge is -2.25. The molecule has 2 saturated heterocycles. The first-order chi connectivity index (χ1) is 7.16. The third-order valence-corrected chi connectivity index (χ3v) is 2.91. The van der Waals surface area contributed by atoms with Crippen LogP contribution in [0.5, 0.6) is 0 Å². The molecule has 2 rings (SSSR count). The monoisotopic (exact) mass is 210 g/mol. The molecule has 2 atom stereocenters. The van der Waals surface area contributed by atoms with Crippen LogP contribution in [0.2, 0.25) is 0 Å². The molecule has 0 aromatic heterocycles. The van der Waals surface area contributed by atoms with Crippen molar-refractivity contribution in [2.75, 3.05) is 33.8 Å². The number of amides is 1. The molecule has 2 heterocycles. The molecule has 2 fully saturated rings. The summed E-state index contributed by atoms with van der Waals surface area (Å²) < 4.78 is 5.45. The van der Waals surface area contributed by atoms with E-state index in [-0.39, 0.29) is 5.91 Å². The number of carbonyl (C=O) groups is 1. The Hall–Kier alpha value is -0.870. The number of likely N-dealkylation sites (N-methyl/N-ethyl adjacent to an activating group) is 1. The zero-order valence-corrected chi connectivity index (χ0v) is 9.35. The van der Waals surface area contributed by atoms with E-state index in [4.69, 9.17) is 4.74 Å². The molecule has 2 aliphatic heterocycles. The van der Waals surface area contributed by atoms with Crippen molar-refractivity contribution < 1.29 is 9.53 Å². The van der Waals surface area contributed by atoms with Crippen LogP contribution < -0.4 is 0 Å². The quantitative estimate of drug-likeness (QED) is 0.620. The highest BCUT2D eigenvalue weighted by Crippen LogP contribution is 2.27. The number of ether oxygens (including phenoxy) is 1. The summed E-state index contributed by atoms with van der Waals surface area (Å²) >= 11 is 0. The molecule has 4 nitrogen and oxygen atoms in total. The summed E-state index contributed by atoms with van der Waals surface area (Å²) in [7, 11) is 3.97. The predicted molar refractivity (Wildman–Crippen MR) is 57.6 cm³/mol. The second-order valence-corrected chi connectivity index (χ2v) is 4.50. The SMILES string of the molecule is CN(C)C/C=C/C(=O)N1C[C@@H]2C[C@H]1CO2. The lowest BCUT2D eigenvalue weighted by molar-refractivity contribution is -0.130. The number of rotatable bonds is 3. The summed E-state index contributed by atoms with van der Waals surface area (Å²) in [6.45, 7) is 2.30. The Morgan fingerprint density at radius 1 is 1.60 bits per heavy atom. The van der Waals surface area contributed by atoms with Crippen LogP contribution in [0, 0.1) is 0 Å². The zero-order valence-electron chi connectivity index (χ0n) is 9.35. The number of nitrogens with zero attached hydrogens (tertiary/aromatic N) is 2. The van der Waals surface area contributed by atoms with Gasteiger partial charge < -0.3 is 14.5 Å². The van der Waals surface area contributed by atoms with Gasteiger partial charge in [-0.25, -0.2) is 0 Å². The van der Waals surface area contributed by atoms with Crippen molar-refractivity contribution in [2.45, 2.75) is 18.6 Å². The van der Waals surface area contributed by atoms with Crippen LogP contribution in [-0.4, -0.2) is 61.6 Å². The summed E-state index contributed by atoms with van der Waals surface area (Å²) in [6, 6.07) is 0.325. The van der Waals surface area contributed by atoms with Crippen molar-refractivity contribution >= 4 is 5.91 Å². The minimum absolute atomic E-state index is 0.132. The fourth-order valence-electron chi connectivity index (χ4n) is 2.13. The fraction of sp³-hybridized carbons (Fsp3) is 0.727. The van der Waals surface area contributed by atoms with Gasteiger partial charge in [0.2, 0.25) is 5.91 Å². The molecule has 15 heavy (non-hydrogen) atoms. The lowest BCUT2D eigenvalue weighted by Crippen LogP contribution is -2.40.